The minimum atomic E-state index is -0.0771. The normalized spacial score (nSPS) is 23.8. The van der Waals surface area contributed by atoms with E-state index in [1.54, 1.807) is 17.5 Å². The number of nitrogens with zero attached hydrogens (tertiary/aromatic N) is 2. The van der Waals surface area contributed by atoms with E-state index in [1.807, 2.05) is 26.1 Å². The van der Waals surface area contributed by atoms with Crippen LogP contribution in [0.4, 0.5) is 5.69 Å². The number of aromatic nitrogens is 3. The fraction of sp³-hybridized carbons (Fsp3) is 0.370. The van der Waals surface area contributed by atoms with E-state index in [2.05, 4.69) is 68.7 Å². The van der Waals surface area contributed by atoms with Gasteiger partial charge < -0.3 is 15.6 Å². The van der Waals surface area contributed by atoms with Crippen LogP contribution >= 0.6 is 11.3 Å². The molecule has 9 heteroatoms. The van der Waals surface area contributed by atoms with Crippen LogP contribution in [0.1, 0.15) is 48.6 Å². The highest BCUT2D eigenvalue weighted by atomic mass is 32.1. The van der Waals surface area contributed by atoms with Crippen LogP contribution in [0.5, 0.6) is 0 Å². The molecule has 8 nitrogen and oxygen atoms in total. The number of benzene rings is 1. The maximum absolute atomic E-state index is 12.2. The largest absolute Gasteiger partial charge is 0.341 e. The minimum absolute atomic E-state index is 0.00293. The van der Waals surface area contributed by atoms with E-state index in [9.17, 15) is 4.79 Å². The zero-order chi connectivity index (χ0) is 24.8. The number of nitrogens with one attached hydrogen (secondary N) is 5. The van der Waals surface area contributed by atoms with E-state index in [0.717, 1.165) is 41.1 Å². The Morgan fingerprint density at radius 1 is 1.17 bits per heavy atom. The van der Waals surface area contributed by atoms with Crippen molar-refractivity contribution >= 4 is 34.0 Å². The molecule has 4 aromatic rings. The first kappa shape index (κ1) is 23.3. The summed E-state index contributed by atoms with van der Waals surface area (Å²) < 4.78 is 0. The first-order chi connectivity index (χ1) is 17.5. The fourth-order valence-electron chi connectivity index (χ4n) is 5.28. The van der Waals surface area contributed by atoms with Crippen molar-refractivity contribution in [2.45, 2.75) is 45.3 Å². The number of H-pyrrole nitrogens is 1. The molecule has 5 heterocycles. The molecule has 5 N–H and O–H groups in total. The van der Waals surface area contributed by atoms with Crippen molar-refractivity contribution in [1.29, 1.82) is 0 Å². The average molecular weight is 502 g/mol. The van der Waals surface area contributed by atoms with Gasteiger partial charge in [0.25, 0.3) is 0 Å². The summed E-state index contributed by atoms with van der Waals surface area (Å²) in [5.74, 6) is 1.23. The summed E-state index contributed by atoms with van der Waals surface area (Å²) in [4.78, 5) is 27.8. The Bertz CT molecular complexity index is 1410. The summed E-state index contributed by atoms with van der Waals surface area (Å²) in [6, 6.07) is 13.2. The molecule has 1 aromatic carbocycles. The Labute approximate surface area is 214 Å². The van der Waals surface area contributed by atoms with Gasteiger partial charge in [-0.15, -0.1) is 11.3 Å². The molecule has 0 bridgehead atoms. The van der Waals surface area contributed by atoms with Gasteiger partial charge in [-0.1, -0.05) is 26.0 Å². The lowest BCUT2D eigenvalue weighted by molar-refractivity contribution is -0.118. The molecular weight excluding hydrogens is 470 g/mol. The second-order valence-electron chi connectivity index (χ2n) is 10.1. The van der Waals surface area contributed by atoms with E-state index >= 15 is 0 Å². The highest BCUT2D eigenvalue weighted by Crippen LogP contribution is 2.39. The third kappa shape index (κ3) is 4.32. The number of carbonyl (C=O) groups is 1. The van der Waals surface area contributed by atoms with E-state index in [0.29, 0.717) is 12.0 Å². The number of para-hydroxylation sites is 1. The van der Waals surface area contributed by atoms with Gasteiger partial charge in [-0.2, -0.15) is 0 Å². The lowest BCUT2D eigenvalue weighted by Gasteiger charge is -2.34. The molecule has 4 atom stereocenters. The summed E-state index contributed by atoms with van der Waals surface area (Å²) >= 11 is 1.80. The number of rotatable bonds is 5. The standard InChI is InChI=1S/C27H31N7OS/c1-14(2)27(35)30-17-9-16(11-28-12-17)21-10-19-22(13-29-21)33-34-25(19)26-31-20-6-4-5-18(24(20)32-26)23-8-7-15(3)36-23/h4-9,11-12,14,19,21-22,25,29,33-34H,10,13H2,1-3H3,(H,30,35)(H,31,32). The topological polar surface area (TPSA) is 107 Å². The van der Waals surface area contributed by atoms with Gasteiger partial charge in [-0.25, -0.2) is 10.4 Å². The van der Waals surface area contributed by atoms with Gasteiger partial charge >= 0.3 is 0 Å². The molecule has 2 saturated heterocycles. The lowest BCUT2D eigenvalue weighted by Crippen LogP contribution is -2.46. The number of carbonyl (C=O) groups excluding carboxylic acids is 1. The second kappa shape index (κ2) is 9.40. The van der Waals surface area contributed by atoms with Crippen molar-refractivity contribution in [3.05, 3.63) is 65.1 Å². The molecule has 3 aromatic heterocycles. The van der Waals surface area contributed by atoms with Gasteiger partial charge in [0.1, 0.15) is 5.82 Å². The number of amides is 1. The van der Waals surface area contributed by atoms with Crippen molar-refractivity contribution in [2.75, 3.05) is 11.9 Å². The summed E-state index contributed by atoms with van der Waals surface area (Å²) in [6.07, 6.45) is 4.52. The highest BCUT2D eigenvalue weighted by molar-refractivity contribution is 7.15. The Kier molecular flexibility index (Phi) is 6.08. The fourth-order valence-corrected chi connectivity index (χ4v) is 6.17. The van der Waals surface area contributed by atoms with Crippen molar-refractivity contribution in [3.8, 4) is 10.4 Å². The van der Waals surface area contributed by atoms with E-state index < -0.39 is 0 Å². The number of anilines is 1. The lowest BCUT2D eigenvalue weighted by atomic mass is 9.82. The quantitative estimate of drug-likeness (QED) is 0.277. The van der Waals surface area contributed by atoms with E-state index in [4.69, 9.17) is 4.98 Å². The molecule has 36 heavy (non-hydrogen) atoms. The second-order valence-corrected chi connectivity index (χ2v) is 11.4. The Morgan fingerprint density at radius 2 is 2.06 bits per heavy atom. The number of thiophene rings is 1. The molecule has 1 amide bonds. The summed E-state index contributed by atoms with van der Waals surface area (Å²) in [5.41, 5.74) is 12.1. The maximum atomic E-state index is 12.2. The Balaban J connectivity index is 1.25. The van der Waals surface area contributed by atoms with Crippen LogP contribution in [0, 0.1) is 18.8 Å². The molecule has 6 rings (SSSR count). The number of piperidine rings is 1. The van der Waals surface area contributed by atoms with Gasteiger partial charge in [0.15, 0.2) is 0 Å². The zero-order valence-corrected chi connectivity index (χ0v) is 21.4. The van der Waals surface area contributed by atoms with Gasteiger partial charge in [0, 0.05) is 52.0 Å². The van der Waals surface area contributed by atoms with Crippen LogP contribution in [0.15, 0.2) is 48.8 Å². The van der Waals surface area contributed by atoms with Crippen molar-refractivity contribution in [2.24, 2.45) is 11.8 Å². The molecule has 0 radical (unpaired) electrons. The van der Waals surface area contributed by atoms with Crippen molar-refractivity contribution in [3.63, 3.8) is 0 Å². The summed E-state index contributed by atoms with van der Waals surface area (Å²) in [7, 11) is 0. The van der Waals surface area contributed by atoms with Gasteiger partial charge in [0.2, 0.25) is 5.91 Å². The molecule has 2 aliphatic rings. The molecule has 0 saturated carbocycles. The minimum Gasteiger partial charge on any atom is -0.341 e. The predicted octanol–water partition coefficient (Wildman–Crippen LogP) is 4.46. The van der Waals surface area contributed by atoms with Crippen LogP contribution in [-0.2, 0) is 4.79 Å². The molecule has 186 valence electrons. The van der Waals surface area contributed by atoms with E-state index in [1.165, 1.54) is 15.3 Å². The molecule has 0 aliphatic carbocycles. The first-order valence-electron chi connectivity index (χ1n) is 12.5. The van der Waals surface area contributed by atoms with Crippen LogP contribution < -0.4 is 21.5 Å². The highest BCUT2D eigenvalue weighted by Gasteiger charge is 2.42. The number of pyridine rings is 1. The predicted molar refractivity (Wildman–Crippen MR) is 143 cm³/mol. The first-order valence-corrected chi connectivity index (χ1v) is 13.3. The third-order valence-electron chi connectivity index (χ3n) is 7.25. The van der Waals surface area contributed by atoms with Crippen LogP contribution in [-0.4, -0.2) is 33.4 Å². The SMILES string of the molecule is Cc1ccc(-c2cccc3[nH]c(C4NNC5CNC(c6cncc(NC(=O)C(C)C)c6)CC54)nc23)s1. The Hall–Kier alpha value is -3.11. The van der Waals surface area contributed by atoms with E-state index in [-0.39, 0.29) is 23.9 Å². The van der Waals surface area contributed by atoms with Gasteiger partial charge in [-0.3, -0.25) is 15.2 Å². The van der Waals surface area contributed by atoms with Crippen LogP contribution in [0.25, 0.3) is 21.5 Å². The molecule has 2 aliphatic heterocycles. The monoisotopic (exact) mass is 501 g/mol. The van der Waals surface area contributed by atoms with Crippen LogP contribution in [0.2, 0.25) is 0 Å². The zero-order valence-electron chi connectivity index (χ0n) is 20.6. The number of fused-ring (bicyclic) bond motifs is 2. The maximum Gasteiger partial charge on any atom is 0.226 e. The molecule has 2 fully saturated rings. The number of imidazole rings is 1. The summed E-state index contributed by atoms with van der Waals surface area (Å²) in [5, 5.41) is 6.63. The van der Waals surface area contributed by atoms with Crippen LogP contribution in [0.3, 0.4) is 0 Å². The molecule has 0 spiro atoms. The van der Waals surface area contributed by atoms with Gasteiger partial charge in [-0.05, 0) is 43.2 Å². The smallest absolute Gasteiger partial charge is 0.226 e. The number of aryl methyl sites for hydroxylation is 1. The Morgan fingerprint density at radius 3 is 2.86 bits per heavy atom. The number of hydrazine groups is 1. The third-order valence-corrected chi connectivity index (χ3v) is 8.28. The van der Waals surface area contributed by atoms with Crippen molar-refractivity contribution < 1.29 is 4.79 Å². The number of hydrogen-bond donors (Lipinski definition) is 5. The number of hydrogen-bond acceptors (Lipinski definition) is 7. The molecule has 4 unspecified atom stereocenters. The van der Waals surface area contributed by atoms with Gasteiger partial charge in [0.05, 0.1) is 29.0 Å². The summed E-state index contributed by atoms with van der Waals surface area (Å²) in [6.45, 7) is 6.74. The molecular formula is C27H31N7OS. The number of aromatic amines is 1. The van der Waals surface area contributed by atoms with Crippen molar-refractivity contribution in [1.82, 2.24) is 31.1 Å². The average Bonchev–Trinajstić information content (AvgIpc) is 3.61.